The van der Waals surface area contributed by atoms with Gasteiger partial charge in [0.15, 0.2) is 5.11 Å². The highest BCUT2D eigenvalue weighted by Crippen LogP contribution is 2.41. The third kappa shape index (κ3) is 2.85. The smallest absolute Gasteiger partial charge is 0.174 e. The maximum atomic E-state index is 9.60. The zero-order chi connectivity index (χ0) is 17.4. The van der Waals surface area contributed by atoms with E-state index >= 15 is 0 Å². The van der Waals surface area contributed by atoms with Crippen molar-refractivity contribution in [1.29, 1.82) is 0 Å². The molecule has 1 saturated heterocycles. The fraction of sp³-hybridized carbons (Fsp3) is 0.158. The first-order valence-electron chi connectivity index (χ1n) is 8.05. The Kier molecular flexibility index (Phi) is 3.89. The van der Waals surface area contributed by atoms with Gasteiger partial charge in [0.2, 0.25) is 0 Å². The number of aryl methyl sites for hydroxylation is 1. The molecule has 2 atom stereocenters. The minimum Gasteiger partial charge on any atom is -0.508 e. The second-order valence-corrected chi connectivity index (χ2v) is 6.51. The lowest BCUT2D eigenvalue weighted by molar-refractivity contribution is 0.475. The molecule has 3 heterocycles. The number of aromatic nitrogens is 2. The zero-order valence-corrected chi connectivity index (χ0v) is 14.5. The van der Waals surface area contributed by atoms with Crippen LogP contribution in [0, 0.1) is 0 Å². The van der Waals surface area contributed by atoms with Gasteiger partial charge in [-0.05, 0) is 60.2 Å². The number of pyridine rings is 1. The van der Waals surface area contributed by atoms with Crippen molar-refractivity contribution in [2.45, 2.75) is 12.1 Å². The summed E-state index contributed by atoms with van der Waals surface area (Å²) in [6.45, 7) is 0. The fourth-order valence-corrected chi connectivity index (χ4v) is 3.63. The van der Waals surface area contributed by atoms with Gasteiger partial charge in [-0.1, -0.05) is 6.07 Å². The van der Waals surface area contributed by atoms with E-state index in [1.54, 1.807) is 18.3 Å². The first-order valence-corrected chi connectivity index (χ1v) is 8.46. The van der Waals surface area contributed by atoms with E-state index in [1.165, 1.54) is 0 Å². The fourth-order valence-electron chi connectivity index (χ4n) is 3.28. The summed E-state index contributed by atoms with van der Waals surface area (Å²) in [4.78, 5) is 6.61. The lowest BCUT2D eigenvalue weighted by Crippen LogP contribution is -2.29. The van der Waals surface area contributed by atoms with E-state index in [9.17, 15) is 5.11 Å². The third-order valence-corrected chi connectivity index (χ3v) is 4.74. The number of phenolic OH excluding ortho intramolecular Hbond substituents is 1. The molecule has 0 amide bonds. The molecule has 4 rings (SSSR count). The first-order chi connectivity index (χ1) is 12.1. The number of hydrogen-bond donors (Lipinski definition) is 2. The van der Waals surface area contributed by atoms with Crippen molar-refractivity contribution in [3.05, 3.63) is 78.4 Å². The topological polar surface area (TPSA) is 53.3 Å². The second kappa shape index (κ2) is 6.22. The summed E-state index contributed by atoms with van der Waals surface area (Å²) in [6.07, 6.45) is 5.93. The number of rotatable bonds is 3. The van der Waals surface area contributed by atoms with Crippen molar-refractivity contribution in [3.8, 4) is 5.75 Å². The predicted octanol–water partition coefficient (Wildman–Crippen LogP) is 3.30. The maximum Gasteiger partial charge on any atom is 0.174 e. The van der Waals surface area contributed by atoms with Crippen LogP contribution in [0.25, 0.3) is 0 Å². The molecular weight excluding hydrogens is 332 g/mol. The summed E-state index contributed by atoms with van der Waals surface area (Å²) in [5.74, 6) is 0.236. The van der Waals surface area contributed by atoms with Gasteiger partial charge in [0.05, 0.1) is 17.8 Å². The first kappa shape index (κ1) is 15.7. The molecule has 1 aliphatic heterocycles. The summed E-state index contributed by atoms with van der Waals surface area (Å²) in [7, 11) is 2.00. The Morgan fingerprint density at radius 2 is 1.92 bits per heavy atom. The van der Waals surface area contributed by atoms with Gasteiger partial charge >= 0.3 is 0 Å². The summed E-state index contributed by atoms with van der Waals surface area (Å²) in [6, 6.07) is 15.0. The summed E-state index contributed by atoms with van der Waals surface area (Å²) in [5, 5.41) is 13.7. The van der Waals surface area contributed by atoms with E-state index in [4.69, 9.17) is 12.2 Å². The minimum absolute atomic E-state index is 0.0202. The van der Waals surface area contributed by atoms with Crippen LogP contribution in [0.4, 0.5) is 5.69 Å². The molecule has 0 saturated carbocycles. The van der Waals surface area contributed by atoms with Crippen molar-refractivity contribution < 1.29 is 5.11 Å². The molecule has 25 heavy (non-hydrogen) atoms. The van der Waals surface area contributed by atoms with Gasteiger partial charge in [0.1, 0.15) is 5.75 Å². The average Bonchev–Trinajstić information content (AvgIpc) is 3.20. The molecule has 0 spiro atoms. The van der Waals surface area contributed by atoms with Gasteiger partial charge in [-0.25, -0.2) is 0 Å². The molecule has 5 nitrogen and oxygen atoms in total. The number of hydrogen-bond acceptors (Lipinski definition) is 3. The van der Waals surface area contributed by atoms with E-state index in [-0.39, 0.29) is 17.8 Å². The van der Waals surface area contributed by atoms with Crippen molar-refractivity contribution >= 4 is 23.0 Å². The number of benzene rings is 1. The van der Waals surface area contributed by atoms with E-state index in [0.717, 1.165) is 16.9 Å². The standard InChI is InChI=1S/C19H18N4OS/c1-22-11-9-13(12-22)18-17(16-4-2-3-10-20-16)21-19(25)23(18)14-5-7-15(24)8-6-14/h2-12,17-18,24H,1H3,(H,21,25)/t17-,18+/m1/s1. The Hall–Kier alpha value is -2.86. The zero-order valence-electron chi connectivity index (χ0n) is 13.7. The lowest BCUT2D eigenvalue weighted by Gasteiger charge is -2.27. The molecule has 1 aromatic carbocycles. The van der Waals surface area contributed by atoms with Crippen molar-refractivity contribution in [2.75, 3.05) is 4.90 Å². The number of nitrogens with zero attached hydrogens (tertiary/aromatic N) is 3. The Bertz CT molecular complexity index is 891. The average molecular weight is 350 g/mol. The molecule has 2 aromatic heterocycles. The SMILES string of the molecule is Cn1ccc([C@H]2[C@@H](c3ccccn3)NC(=S)N2c2ccc(O)cc2)c1. The Balaban J connectivity index is 1.81. The number of nitrogens with one attached hydrogen (secondary N) is 1. The molecule has 0 bridgehead atoms. The Morgan fingerprint density at radius 3 is 2.56 bits per heavy atom. The van der Waals surface area contributed by atoms with Crippen molar-refractivity contribution in [2.24, 2.45) is 7.05 Å². The molecule has 126 valence electrons. The van der Waals surface area contributed by atoms with Crippen LogP contribution in [0.15, 0.2) is 67.1 Å². The highest BCUT2D eigenvalue weighted by Gasteiger charge is 2.40. The van der Waals surface area contributed by atoms with Gasteiger partial charge in [-0.15, -0.1) is 0 Å². The number of phenols is 1. The van der Waals surface area contributed by atoms with Crippen LogP contribution < -0.4 is 10.2 Å². The van der Waals surface area contributed by atoms with Gasteiger partial charge in [0.25, 0.3) is 0 Å². The molecule has 6 heteroatoms. The molecule has 1 fully saturated rings. The van der Waals surface area contributed by atoms with Gasteiger partial charge in [-0.3, -0.25) is 4.98 Å². The molecule has 0 aliphatic carbocycles. The van der Waals surface area contributed by atoms with Crippen LogP contribution in [-0.4, -0.2) is 19.8 Å². The van der Waals surface area contributed by atoms with Crippen molar-refractivity contribution in [3.63, 3.8) is 0 Å². The lowest BCUT2D eigenvalue weighted by atomic mass is 9.98. The van der Waals surface area contributed by atoms with Crippen LogP contribution in [0.2, 0.25) is 0 Å². The van der Waals surface area contributed by atoms with E-state index in [1.807, 2.05) is 48.1 Å². The monoisotopic (exact) mass is 350 g/mol. The van der Waals surface area contributed by atoms with E-state index in [0.29, 0.717) is 5.11 Å². The van der Waals surface area contributed by atoms with Crippen LogP contribution in [0.1, 0.15) is 23.3 Å². The summed E-state index contributed by atoms with van der Waals surface area (Å²) in [5.41, 5.74) is 3.03. The molecule has 2 N–H and O–H groups in total. The van der Waals surface area contributed by atoms with E-state index in [2.05, 4.69) is 27.5 Å². The van der Waals surface area contributed by atoms with Crippen LogP contribution in [0.5, 0.6) is 5.75 Å². The Morgan fingerprint density at radius 1 is 1.12 bits per heavy atom. The third-order valence-electron chi connectivity index (χ3n) is 4.42. The number of thiocarbonyl (C=S) groups is 1. The van der Waals surface area contributed by atoms with Gasteiger partial charge < -0.3 is 19.9 Å². The molecule has 3 aromatic rings. The van der Waals surface area contributed by atoms with Crippen LogP contribution in [-0.2, 0) is 7.05 Å². The molecule has 1 aliphatic rings. The largest absolute Gasteiger partial charge is 0.508 e. The van der Waals surface area contributed by atoms with Gasteiger partial charge in [0, 0.05) is 31.3 Å². The quantitative estimate of drug-likeness (QED) is 0.710. The van der Waals surface area contributed by atoms with Gasteiger partial charge in [-0.2, -0.15) is 0 Å². The molecule has 0 unspecified atom stereocenters. The number of aromatic hydroxyl groups is 1. The highest BCUT2D eigenvalue weighted by atomic mass is 32.1. The minimum atomic E-state index is -0.0510. The highest BCUT2D eigenvalue weighted by molar-refractivity contribution is 7.80. The Labute approximate surface area is 151 Å². The molecular formula is C19H18N4OS. The summed E-state index contributed by atoms with van der Waals surface area (Å²) < 4.78 is 2.03. The van der Waals surface area contributed by atoms with E-state index < -0.39 is 0 Å². The van der Waals surface area contributed by atoms with Crippen LogP contribution >= 0.6 is 12.2 Å². The van der Waals surface area contributed by atoms with Crippen LogP contribution in [0.3, 0.4) is 0 Å². The van der Waals surface area contributed by atoms with Crippen molar-refractivity contribution in [1.82, 2.24) is 14.9 Å². The normalized spacial score (nSPS) is 19.9. The predicted molar refractivity (Wildman–Crippen MR) is 101 cm³/mol. The second-order valence-electron chi connectivity index (χ2n) is 6.12. The molecule has 0 radical (unpaired) electrons. The maximum absolute atomic E-state index is 9.60. The summed E-state index contributed by atoms with van der Waals surface area (Å²) >= 11 is 5.63. The number of anilines is 1.